The number of rotatable bonds is 6. The van der Waals surface area contributed by atoms with Crippen molar-refractivity contribution in [2.75, 3.05) is 32.8 Å². The molecule has 2 fully saturated rings. The standard InChI is InChI=1S/C22H28N4O4/c1-2-23-21(28)18-19(27)17-13-16(15-5-3-4-6-15)14-24-20(17)26(22(18)29)8-7-25-9-11-30-12-10-25/h2,13-15,27H,1,3-12H2,(H,23,28). The van der Waals surface area contributed by atoms with E-state index in [1.807, 2.05) is 12.3 Å². The SMILES string of the molecule is C=CNC(=O)c1c(O)c2cc(C3CCCC3)cnc2n(CCN2CCOCC2)c1=O. The third-order valence-electron chi connectivity index (χ3n) is 6.12. The minimum Gasteiger partial charge on any atom is -0.506 e. The van der Waals surface area contributed by atoms with Gasteiger partial charge in [-0.1, -0.05) is 19.4 Å². The van der Waals surface area contributed by atoms with Crippen LogP contribution in [0.2, 0.25) is 0 Å². The van der Waals surface area contributed by atoms with Crippen LogP contribution in [0.4, 0.5) is 0 Å². The lowest BCUT2D eigenvalue weighted by atomic mass is 9.98. The predicted molar refractivity (Wildman–Crippen MR) is 114 cm³/mol. The number of pyridine rings is 2. The van der Waals surface area contributed by atoms with E-state index < -0.39 is 11.5 Å². The molecule has 30 heavy (non-hydrogen) atoms. The summed E-state index contributed by atoms with van der Waals surface area (Å²) in [6.07, 6.45) is 7.56. The first kappa shape index (κ1) is 20.6. The van der Waals surface area contributed by atoms with Gasteiger partial charge in [-0.05, 0) is 36.6 Å². The van der Waals surface area contributed by atoms with Crippen molar-refractivity contribution in [1.82, 2.24) is 19.8 Å². The zero-order chi connectivity index (χ0) is 21.1. The van der Waals surface area contributed by atoms with Crippen LogP contribution in [0.3, 0.4) is 0 Å². The fourth-order valence-corrected chi connectivity index (χ4v) is 4.46. The van der Waals surface area contributed by atoms with E-state index in [1.165, 1.54) is 23.6 Å². The molecule has 2 aliphatic rings. The van der Waals surface area contributed by atoms with E-state index in [0.717, 1.165) is 31.5 Å². The number of hydrogen-bond acceptors (Lipinski definition) is 6. The van der Waals surface area contributed by atoms with Crippen molar-refractivity contribution >= 4 is 16.9 Å². The Balaban J connectivity index is 1.79. The molecule has 3 heterocycles. The highest BCUT2D eigenvalue weighted by Crippen LogP contribution is 2.36. The molecule has 1 aliphatic heterocycles. The second kappa shape index (κ2) is 8.97. The molecule has 2 aromatic rings. The van der Waals surface area contributed by atoms with Gasteiger partial charge in [0, 0.05) is 32.4 Å². The van der Waals surface area contributed by atoms with Crippen molar-refractivity contribution in [3.05, 3.63) is 46.5 Å². The molecule has 0 aromatic carbocycles. The summed E-state index contributed by atoms with van der Waals surface area (Å²) in [6.45, 7) is 7.43. The van der Waals surface area contributed by atoms with Crippen LogP contribution >= 0.6 is 0 Å². The maximum absolute atomic E-state index is 13.2. The monoisotopic (exact) mass is 412 g/mol. The Hall–Kier alpha value is -2.71. The average Bonchev–Trinajstić information content (AvgIpc) is 3.29. The van der Waals surface area contributed by atoms with E-state index in [9.17, 15) is 14.7 Å². The molecular formula is C22H28N4O4. The number of ether oxygens (including phenoxy) is 1. The Morgan fingerprint density at radius 2 is 2.03 bits per heavy atom. The second-order valence-electron chi connectivity index (χ2n) is 7.93. The van der Waals surface area contributed by atoms with Crippen molar-refractivity contribution in [1.29, 1.82) is 0 Å². The number of carbonyl (C=O) groups is 1. The third kappa shape index (κ3) is 3.97. The van der Waals surface area contributed by atoms with Crippen molar-refractivity contribution in [2.24, 2.45) is 0 Å². The molecule has 1 aliphatic carbocycles. The number of carbonyl (C=O) groups excluding carboxylic acids is 1. The van der Waals surface area contributed by atoms with Crippen LogP contribution in [-0.4, -0.2) is 58.3 Å². The fourth-order valence-electron chi connectivity index (χ4n) is 4.46. The molecule has 0 radical (unpaired) electrons. The first-order valence-electron chi connectivity index (χ1n) is 10.6. The Labute approximate surface area is 175 Å². The molecule has 0 atom stereocenters. The molecule has 1 amide bonds. The van der Waals surface area contributed by atoms with Crippen molar-refractivity contribution in [2.45, 2.75) is 38.1 Å². The van der Waals surface area contributed by atoms with Crippen LogP contribution in [0, 0.1) is 0 Å². The summed E-state index contributed by atoms with van der Waals surface area (Å²) < 4.78 is 6.88. The first-order chi connectivity index (χ1) is 14.6. The molecule has 0 unspecified atom stereocenters. The molecule has 2 N–H and O–H groups in total. The largest absolute Gasteiger partial charge is 0.506 e. The lowest BCUT2D eigenvalue weighted by Crippen LogP contribution is -2.40. The maximum Gasteiger partial charge on any atom is 0.268 e. The number of nitrogens with one attached hydrogen (secondary N) is 1. The van der Waals surface area contributed by atoms with Gasteiger partial charge in [-0.15, -0.1) is 0 Å². The number of morpholine rings is 1. The van der Waals surface area contributed by atoms with Crippen LogP contribution < -0.4 is 10.9 Å². The summed E-state index contributed by atoms with van der Waals surface area (Å²) >= 11 is 0. The Morgan fingerprint density at radius 1 is 1.30 bits per heavy atom. The van der Waals surface area contributed by atoms with Crippen LogP contribution in [0.25, 0.3) is 11.0 Å². The van der Waals surface area contributed by atoms with Crippen molar-refractivity contribution < 1.29 is 14.6 Å². The normalized spacial score (nSPS) is 18.0. The third-order valence-corrected chi connectivity index (χ3v) is 6.12. The Bertz CT molecular complexity index is 1000. The van der Waals surface area contributed by atoms with Gasteiger partial charge in [0.1, 0.15) is 17.0 Å². The summed E-state index contributed by atoms with van der Waals surface area (Å²) in [5.74, 6) is -0.578. The van der Waals surface area contributed by atoms with Gasteiger partial charge >= 0.3 is 0 Å². The van der Waals surface area contributed by atoms with Crippen molar-refractivity contribution in [3.8, 4) is 5.75 Å². The molecule has 0 bridgehead atoms. The van der Waals surface area contributed by atoms with Crippen LogP contribution in [0.1, 0.15) is 47.5 Å². The number of aromatic hydroxyl groups is 1. The number of fused-ring (bicyclic) bond motifs is 1. The smallest absolute Gasteiger partial charge is 0.268 e. The molecule has 8 nitrogen and oxygen atoms in total. The molecule has 1 saturated heterocycles. The number of aromatic nitrogens is 2. The average molecular weight is 412 g/mol. The fraction of sp³-hybridized carbons (Fsp3) is 0.500. The molecule has 8 heteroatoms. The van der Waals surface area contributed by atoms with Crippen molar-refractivity contribution in [3.63, 3.8) is 0 Å². The Morgan fingerprint density at radius 3 is 2.73 bits per heavy atom. The minimum absolute atomic E-state index is 0.269. The quantitative estimate of drug-likeness (QED) is 0.753. The van der Waals surface area contributed by atoms with Crippen LogP contribution in [-0.2, 0) is 11.3 Å². The minimum atomic E-state index is -0.666. The van der Waals surface area contributed by atoms with E-state index in [-0.39, 0.29) is 11.3 Å². The predicted octanol–water partition coefficient (Wildman–Crippen LogP) is 1.97. The van der Waals surface area contributed by atoms with E-state index in [1.54, 1.807) is 0 Å². The van der Waals surface area contributed by atoms with Gasteiger partial charge in [0.15, 0.2) is 0 Å². The van der Waals surface area contributed by atoms with Gasteiger partial charge in [-0.2, -0.15) is 0 Å². The number of hydrogen-bond donors (Lipinski definition) is 2. The Kier molecular flexibility index (Phi) is 6.15. The summed E-state index contributed by atoms with van der Waals surface area (Å²) in [5.41, 5.74) is 0.634. The second-order valence-corrected chi connectivity index (χ2v) is 7.93. The summed E-state index contributed by atoms with van der Waals surface area (Å²) in [6, 6.07) is 1.89. The lowest BCUT2D eigenvalue weighted by Gasteiger charge is -2.27. The van der Waals surface area contributed by atoms with E-state index in [0.29, 0.717) is 43.3 Å². The van der Waals surface area contributed by atoms with Gasteiger partial charge in [-0.3, -0.25) is 19.1 Å². The molecule has 2 aromatic heterocycles. The van der Waals surface area contributed by atoms with E-state index >= 15 is 0 Å². The van der Waals surface area contributed by atoms with Gasteiger partial charge in [0.05, 0.1) is 18.6 Å². The number of amides is 1. The first-order valence-corrected chi connectivity index (χ1v) is 10.6. The van der Waals surface area contributed by atoms with E-state index in [4.69, 9.17) is 4.74 Å². The molecule has 0 spiro atoms. The van der Waals surface area contributed by atoms with Crippen LogP contribution in [0.5, 0.6) is 5.75 Å². The highest BCUT2D eigenvalue weighted by Gasteiger charge is 2.25. The van der Waals surface area contributed by atoms with Crippen LogP contribution in [0.15, 0.2) is 29.8 Å². The number of nitrogens with zero attached hydrogens (tertiary/aromatic N) is 3. The van der Waals surface area contributed by atoms with Gasteiger partial charge in [0.25, 0.3) is 11.5 Å². The highest BCUT2D eigenvalue weighted by molar-refractivity contribution is 6.02. The molecular weight excluding hydrogens is 384 g/mol. The summed E-state index contributed by atoms with van der Waals surface area (Å²) in [5, 5.41) is 13.7. The zero-order valence-corrected chi connectivity index (χ0v) is 17.1. The van der Waals surface area contributed by atoms with Gasteiger partial charge < -0.3 is 15.2 Å². The maximum atomic E-state index is 13.2. The molecule has 4 rings (SSSR count). The van der Waals surface area contributed by atoms with Gasteiger partial charge in [0.2, 0.25) is 0 Å². The van der Waals surface area contributed by atoms with E-state index in [2.05, 4.69) is 21.8 Å². The molecule has 1 saturated carbocycles. The summed E-state index contributed by atoms with van der Waals surface area (Å²) in [4.78, 5) is 32.5. The molecule has 160 valence electrons. The summed E-state index contributed by atoms with van der Waals surface area (Å²) in [7, 11) is 0. The zero-order valence-electron chi connectivity index (χ0n) is 17.1. The lowest BCUT2D eigenvalue weighted by molar-refractivity contribution is 0.0364. The highest BCUT2D eigenvalue weighted by atomic mass is 16.5. The topological polar surface area (TPSA) is 96.7 Å². The van der Waals surface area contributed by atoms with Gasteiger partial charge in [-0.25, -0.2) is 4.98 Å².